The van der Waals surface area contributed by atoms with Gasteiger partial charge in [0.2, 0.25) is 0 Å². The molecule has 1 fully saturated rings. The van der Waals surface area contributed by atoms with Gasteiger partial charge >= 0.3 is 0 Å². The van der Waals surface area contributed by atoms with Gasteiger partial charge in [-0.1, -0.05) is 25.1 Å². The molecule has 2 aliphatic heterocycles. The molecule has 0 amide bonds. The predicted molar refractivity (Wildman–Crippen MR) is 124 cm³/mol. The molecule has 3 aromatic rings. The van der Waals surface area contributed by atoms with Crippen LogP contribution in [0.3, 0.4) is 0 Å². The Balaban J connectivity index is 1.45. The molecule has 2 aliphatic rings. The van der Waals surface area contributed by atoms with E-state index in [0.717, 1.165) is 48.5 Å². The van der Waals surface area contributed by atoms with Gasteiger partial charge < -0.3 is 4.74 Å². The summed E-state index contributed by atoms with van der Waals surface area (Å²) in [6.45, 7) is 3.73. The summed E-state index contributed by atoms with van der Waals surface area (Å²) < 4.78 is 49.2. The van der Waals surface area contributed by atoms with Crippen LogP contribution in [0.1, 0.15) is 54.4 Å². The summed E-state index contributed by atoms with van der Waals surface area (Å²) >= 11 is 1.09. The number of likely N-dealkylation sites (tertiary alicyclic amines) is 1. The Kier molecular flexibility index (Phi) is 6.20. The van der Waals surface area contributed by atoms with E-state index >= 15 is 0 Å². The quantitative estimate of drug-likeness (QED) is 0.507. The fourth-order valence-electron chi connectivity index (χ4n) is 4.94. The van der Waals surface area contributed by atoms with Gasteiger partial charge in [-0.05, 0) is 66.7 Å². The third kappa shape index (κ3) is 4.67. The van der Waals surface area contributed by atoms with E-state index in [4.69, 9.17) is 4.74 Å². The Morgan fingerprint density at radius 3 is 2.73 bits per heavy atom. The van der Waals surface area contributed by atoms with Gasteiger partial charge in [-0.3, -0.25) is 4.90 Å². The lowest BCUT2D eigenvalue weighted by Crippen LogP contribution is -2.40. The Labute approximate surface area is 197 Å². The van der Waals surface area contributed by atoms with Gasteiger partial charge in [-0.15, -0.1) is 0 Å². The highest BCUT2D eigenvalue weighted by Gasteiger charge is 2.36. The molecule has 33 heavy (non-hydrogen) atoms. The molecule has 1 aromatic heterocycles. The summed E-state index contributed by atoms with van der Waals surface area (Å²) in [5, 5.41) is 0.469. The second-order valence-corrected chi connectivity index (χ2v) is 11.7. The second kappa shape index (κ2) is 9.12. The van der Waals surface area contributed by atoms with Crippen LogP contribution in [0.15, 0.2) is 53.7 Å². The van der Waals surface area contributed by atoms with Crippen LogP contribution in [-0.2, 0) is 15.6 Å². The van der Waals surface area contributed by atoms with E-state index < -0.39 is 9.84 Å². The van der Waals surface area contributed by atoms with E-state index in [9.17, 15) is 12.8 Å². The van der Waals surface area contributed by atoms with Crippen LogP contribution < -0.4 is 4.74 Å². The monoisotopic (exact) mass is 487 g/mol. The molecule has 0 saturated carbocycles. The minimum Gasteiger partial charge on any atom is -0.493 e. The number of hydrogen-bond donors (Lipinski definition) is 0. The normalized spacial score (nSPS) is 23.6. The summed E-state index contributed by atoms with van der Waals surface area (Å²) in [4.78, 5) is 6.73. The molecule has 174 valence electrons. The van der Waals surface area contributed by atoms with Crippen molar-refractivity contribution >= 4 is 21.4 Å². The highest BCUT2D eigenvalue weighted by atomic mass is 32.2. The summed E-state index contributed by atoms with van der Waals surface area (Å²) in [5.74, 6) is 0.814. The van der Waals surface area contributed by atoms with Crippen LogP contribution in [0.25, 0.3) is 0 Å². The molecule has 3 atom stereocenters. The molecule has 0 unspecified atom stereocenters. The number of sulfone groups is 1. The van der Waals surface area contributed by atoms with Crippen LogP contribution in [-0.4, -0.2) is 35.8 Å². The van der Waals surface area contributed by atoms with Crippen molar-refractivity contribution in [3.05, 3.63) is 70.7 Å². The Hall–Kier alpha value is -2.36. The number of piperidine rings is 1. The number of nitrogens with zero attached hydrogens (tertiary/aromatic N) is 3. The molecule has 0 aliphatic carbocycles. The zero-order valence-electron chi connectivity index (χ0n) is 18.4. The minimum atomic E-state index is -3.55. The van der Waals surface area contributed by atoms with Crippen molar-refractivity contribution in [2.24, 2.45) is 5.92 Å². The van der Waals surface area contributed by atoms with Crippen molar-refractivity contribution in [2.75, 3.05) is 13.2 Å². The smallest absolute Gasteiger partial charge is 0.185 e. The number of ether oxygens (including phenoxy) is 1. The summed E-state index contributed by atoms with van der Waals surface area (Å²) in [6.07, 6.45) is 4.30. The maximum atomic E-state index is 13.5. The fourth-order valence-corrected chi connectivity index (χ4v) is 7.05. The number of rotatable bonds is 5. The maximum Gasteiger partial charge on any atom is 0.185 e. The van der Waals surface area contributed by atoms with E-state index in [2.05, 4.69) is 21.2 Å². The number of benzene rings is 2. The van der Waals surface area contributed by atoms with Crippen LogP contribution in [0, 0.1) is 11.7 Å². The molecular weight excluding hydrogens is 461 g/mol. The largest absolute Gasteiger partial charge is 0.493 e. The van der Waals surface area contributed by atoms with E-state index in [1.54, 1.807) is 12.1 Å². The van der Waals surface area contributed by atoms with Gasteiger partial charge in [0, 0.05) is 24.1 Å². The first-order valence-electron chi connectivity index (χ1n) is 11.2. The molecule has 0 N–H and O–H groups in total. The average Bonchev–Trinajstić information content (AvgIpc) is 3.31. The first-order valence-corrected chi connectivity index (χ1v) is 13.6. The predicted octanol–water partition coefficient (Wildman–Crippen LogP) is 4.95. The highest BCUT2D eigenvalue weighted by Crippen LogP contribution is 2.45. The molecule has 3 heterocycles. The lowest BCUT2D eigenvalue weighted by molar-refractivity contribution is 0.0487. The zero-order valence-corrected chi connectivity index (χ0v) is 20.0. The molecule has 6 nitrogen and oxygen atoms in total. The van der Waals surface area contributed by atoms with Gasteiger partial charge in [0.25, 0.3) is 0 Å². The highest BCUT2D eigenvalue weighted by molar-refractivity contribution is 7.90. The Morgan fingerprint density at radius 2 is 1.97 bits per heavy atom. The molecule has 0 bridgehead atoms. The number of fused-ring (bicyclic) bond motifs is 1. The first-order chi connectivity index (χ1) is 15.9. The van der Waals surface area contributed by atoms with Gasteiger partial charge in [-0.25, -0.2) is 17.8 Å². The zero-order chi connectivity index (χ0) is 23.0. The summed E-state index contributed by atoms with van der Waals surface area (Å²) in [5.41, 5.74) is 2.13. The minimum absolute atomic E-state index is 0.121. The lowest BCUT2D eigenvalue weighted by atomic mass is 9.85. The topological polar surface area (TPSA) is 72.4 Å². The van der Waals surface area contributed by atoms with Gasteiger partial charge in [0.15, 0.2) is 9.84 Å². The first kappa shape index (κ1) is 22.4. The molecule has 0 radical (unpaired) electrons. The molecule has 5 rings (SSSR count). The van der Waals surface area contributed by atoms with Crippen LogP contribution >= 0.6 is 11.5 Å². The van der Waals surface area contributed by atoms with Crippen LogP contribution in [0.4, 0.5) is 4.39 Å². The van der Waals surface area contributed by atoms with Gasteiger partial charge in [0.1, 0.15) is 28.7 Å². The number of hydrogen-bond acceptors (Lipinski definition) is 7. The maximum absolute atomic E-state index is 13.5. The summed E-state index contributed by atoms with van der Waals surface area (Å²) in [6, 6.07) is 12.4. The summed E-state index contributed by atoms with van der Waals surface area (Å²) in [7, 11) is -3.55. The number of aromatic nitrogens is 2. The van der Waals surface area contributed by atoms with E-state index in [-0.39, 0.29) is 28.5 Å². The lowest BCUT2D eigenvalue weighted by Gasteiger charge is -2.45. The third-order valence-corrected chi connectivity index (χ3v) is 9.10. The van der Waals surface area contributed by atoms with E-state index in [0.29, 0.717) is 23.3 Å². The standard InChI is InChI=1S/C24H26FN3O3S2/c1-16-8-10-28(22(12-16)17-2-4-18(25)5-3-17)21-9-11-31-23-13-19(6-7-20(21)23)33(29,30)14-24-26-15-27-32-24/h2-7,13,15-16,21-22H,8-12,14H2,1H3/t16-,21-,22+/m1/s1. The molecule has 0 spiro atoms. The van der Waals surface area contributed by atoms with Crippen molar-refractivity contribution in [3.63, 3.8) is 0 Å². The van der Waals surface area contributed by atoms with Crippen molar-refractivity contribution in [3.8, 4) is 5.75 Å². The van der Waals surface area contributed by atoms with Crippen LogP contribution in [0.2, 0.25) is 0 Å². The third-order valence-electron chi connectivity index (χ3n) is 6.63. The number of halogens is 1. The van der Waals surface area contributed by atoms with Gasteiger partial charge in [0.05, 0.1) is 11.5 Å². The molecule has 2 aromatic carbocycles. The van der Waals surface area contributed by atoms with Gasteiger partial charge in [-0.2, -0.15) is 4.37 Å². The van der Waals surface area contributed by atoms with Crippen molar-refractivity contribution in [2.45, 2.75) is 48.9 Å². The molecule has 9 heteroatoms. The Morgan fingerprint density at radius 1 is 1.15 bits per heavy atom. The van der Waals surface area contributed by atoms with Crippen molar-refractivity contribution < 1.29 is 17.5 Å². The van der Waals surface area contributed by atoms with E-state index in [1.165, 1.54) is 18.5 Å². The van der Waals surface area contributed by atoms with Crippen molar-refractivity contribution in [1.29, 1.82) is 0 Å². The fraction of sp³-hybridized carbons (Fsp3) is 0.417. The Bertz CT molecular complexity index is 1220. The molecule has 1 saturated heterocycles. The van der Waals surface area contributed by atoms with E-state index in [1.807, 2.05) is 18.2 Å². The van der Waals surface area contributed by atoms with Crippen LogP contribution in [0.5, 0.6) is 5.75 Å². The van der Waals surface area contributed by atoms with Crippen molar-refractivity contribution in [1.82, 2.24) is 14.3 Å². The second-order valence-electron chi connectivity index (χ2n) is 8.88. The SMILES string of the molecule is C[C@@H]1CCN([C@@H]2CCOc3cc(S(=O)(=O)Cc4ncns4)ccc32)[C@H](c2ccc(F)cc2)C1. The molecular formula is C24H26FN3O3S2. The average molecular weight is 488 g/mol.